The van der Waals surface area contributed by atoms with Crippen molar-refractivity contribution in [2.75, 3.05) is 39.6 Å². The molecule has 0 aromatic carbocycles. The number of aliphatic hydroxyl groups is 26. The molecule has 43 heteroatoms. The topological polar surface area (TPSA) is 683 Å². The van der Waals surface area contributed by atoms with Gasteiger partial charge in [-0.05, 0) is 20.8 Å². The maximum Gasteiger partial charge on any atom is 0.187 e. The molecule has 1 unspecified atom stereocenters. The van der Waals surface area contributed by atoms with Crippen molar-refractivity contribution in [3.05, 3.63) is 0 Å². The average Bonchev–Trinajstić information content (AvgIpc) is 0.810. The zero-order chi connectivity index (χ0) is 71.2. The summed E-state index contributed by atoms with van der Waals surface area (Å²) in [5.74, 6) is 0. The molecule has 26 N–H and O–H groups in total. The zero-order valence-corrected chi connectivity index (χ0v) is 51.8. The molecule has 0 aromatic heterocycles. The normalized spacial score (nSPS) is 55.0. The van der Waals surface area contributed by atoms with E-state index in [1.165, 1.54) is 20.8 Å². The van der Waals surface area contributed by atoms with Crippen LogP contribution >= 0.6 is 0 Å². The van der Waals surface area contributed by atoms with E-state index in [9.17, 15) is 133 Å². The van der Waals surface area contributed by atoms with E-state index < -0.39 is 316 Å². The van der Waals surface area contributed by atoms with E-state index in [2.05, 4.69) is 0 Å². The summed E-state index contributed by atoms with van der Waals surface area (Å²) in [6.45, 7) is -1.47. The molecule has 0 saturated carbocycles. The maximum absolute atomic E-state index is 11.5. The Morgan fingerprint density at radius 2 is 0.433 bits per heavy atom. The van der Waals surface area contributed by atoms with Crippen LogP contribution in [-0.4, -0.2) is 449 Å². The van der Waals surface area contributed by atoms with Crippen molar-refractivity contribution in [2.45, 2.75) is 297 Å². The molecule has 97 heavy (non-hydrogen) atoms. The van der Waals surface area contributed by atoms with Gasteiger partial charge >= 0.3 is 0 Å². The molecular formula is C54H92O43. The number of hydrogen-bond donors (Lipinski definition) is 26. The molecule has 9 saturated heterocycles. The molecule has 45 atom stereocenters. The Hall–Kier alpha value is -1.72. The average molecular weight is 1430 g/mol. The first kappa shape index (κ1) is 79.4. The van der Waals surface area contributed by atoms with Gasteiger partial charge < -0.3 is 213 Å². The van der Waals surface area contributed by atoms with Gasteiger partial charge in [0.15, 0.2) is 56.6 Å². The summed E-state index contributed by atoms with van der Waals surface area (Å²) in [6.07, 6.45) is -83.4. The first-order valence-corrected chi connectivity index (χ1v) is 31.2. The van der Waals surface area contributed by atoms with E-state index in [0.717, 1.165) is 0 Å². The SMILES string of the molecule is C[C@@H]1O[C@@H](O[C@H]2[C@@H](O)[C@@H](CO)O[C@@H](OC[C@H]3O[C@@H](O[C@@H]4[C@@H](O)[C@@H](O)[C@H](O[C@H]5[C@@H](O)[C@@H](CO)O[C@@H](OC[C@H]6O[C@@H](O[C@@H]7[C@@H](O)[C@@H](O)[C@H](O[C@H]8[C@@H](O)[C@@H](CO)OC(O)[C@@H]8O)O[C@H]7C)[C@@H](O)[C@@H](O)[C@@H]6O)[C@@H]5O)O[C@H]4C)[C@@H](O)[C@@H](O)[C@@H]3O)[C@@H]2O)[C@H](O)[C@H](O)[C@H]1O[C@@H]1O[C@H](CO)[C@@H](O)[C@H](O)[C@@H]1O. The standard InChI is InChI=1S/C54H92O43/c1-10-40(92-52-31(71)25(65)19(59)13(4-55)89-52)29(69)35(75)50(84-10)96-44-23(63)15(6-57)87-47(38(44)78)82-9-18-21(61)27(67)33(73)54(91-18)94-42-12(3)85-51(36(76)30(42)70)97-45-24(64)16(7-58)88-48(39(45)79)81-8-17-20(60)26(66)32(72)53(90-17)93-41-11(2)83-49(34(74)28(41)68)95-43-22(62)14(5-56)86-46(80)37(43)77/h10-80H,4-9H2,1-3H3/t10-,11-,12-,13+,14+,15+,16+,17+,18+,19+,20+,21+,22-,23-,24-,25-,26-,27-,28-,29-,30-,31-,32-,33-,34+,35+,36+,37+,38+,39+,40-,41-,42-,43-,44-,45-,46?,47+,48+,49-,50-,51-,52-,53-,54-/m0/s1. The summed E-state index contributed by atoms with van der Waals surface area (Å²) in [4.78, 5) is 0. The highest BCUT2D eigenvalue weighted by Gasteiger charge is 2.59. The lowest BCUT2D eigenvalue weighted by atomic mass is 9.96. The van der Waals surface area contributed by atoms with E-state index >= 15 is 0 Å². The van der Waals surface area contributed by atoms with Crippen molar-refractivity contribution < 1.29 is 213 Å². The Kier molecular flexibility index (Phi) is 27.5. The second kappa shape index (κ2) is 33.6. The van der Waals surface area contributed by atoms with Crippen LogP contribution in [0.1, 0.15) is 20.8 Å². The van der Waals surface area contributed by atoms with Crippen LogP contribution in [0, 0.1) is 0 Å². The lowest BCUT2D eigenvalue weighted by Crippen LogP contribution is -2.67. The van der Waals surface area contributed by atoms with Crippen molar-refractivity contribution in [2.24, 2.45) is 0 Å². The highest BCUT2D eigenvalue weighted by atomic mass is 16.8. The maximum atomic E-state index is 11.5. The van der Waals surface area contributed by atoms with Gasteiger partial charge in [-0.1, -0.05) is 0 Å². The number of rotatable bonds is 22. The van der Waals surface area contributed by atoms with Crippen LogP contribution in [0.5, 0.6) is 0 Å². The van der Waals surface area contributed by atoms with Crippen LogP contribution in [0.15, 0.2) is 0 Å². The number of hydrogen-bond acceptors (Lipinski definition) is 43. The van der Waals surface area contributed by atoms with E-state index in [-0.39, 0.29) is 0 Å². The zero-order valence-electron chi connectivity index (χ0n) is 51.8. The van der Waals surface area contributed by atoms with Gasteiger partial charge in [0, 0.05) is 0 Å². The largest absolute Gasteiger partial charge is 0.394 e. The third-order valence-electron chi connectivity index (χ3n) is 18.6. The summed E-state index contributed by atoms with van der Waals surface area (Å²) in [5, 5.41) is 280. The van der Waals surface area contributed by atoms with Gasteiger partial charge in [-0.2, -0.15) is 0 Å². The van der Waals surface area contributed by atoms with Crippen molar-refractivity contribution in [3.8, 4) is 0 Å². The Bertz CT molecular complexity index is 2400. The van der Waals surface area contributed by atoms with Crippen LogP contribution < -0.4 is 0 Å². The van der Waals surface area contributed by atoms with Crippen molar-refractivity contribution in [1.82, 2.24) is 0 Å². The summed E-state index contributed by atoms with van der Waals surface area (Å²) in [5.41, 5.74) is 0. The molecule has 43 nitrogen and oxygen atoms in total. The van der Waals surface area contributed by atoms with Crippen LogP contribution in [-0.2, 0) is 80.5 Å². The van der Waals surface area contributed by atoms with Gasteiger partial charge in [0.1, 0.15) is 201 Å². The van der Waals surface area contributed by atoms with Crippen molar-refractivity contribution in [3.63, 3.8) is 0 Å². The fourth-order valence-electron chi connectivity index (χ4n) is 12.7. The predicted octanol–water partition coefficient (Wildman–Crippen LogP) is -17.5. The molecular weight excluding hydrogens is 1340 g/mol. The third-order valence-corrected chi connectivity index (χ3v) is 18.6. The summed E-state index contributed by atoms with van der Waals surface area (Å²) in [7, 11) is 0. The Labute approximate surface area is 549 Å². The predicted molar refractivity (Wildman–Crippen MR) is 293 cm³/mol. The first-order chi connectivity index (χ1) is 45.8. The fourth-order valence-corrected chi connectivity index (χ4v) is 12.7. The number of aliphatic hydroxyl groups excluding tert-OH is 26. The van der Waals surface area contributed by atoms with Crippen molar-refractivity contribution in [1.29, 1.82) is 0 Å². The van der Waals surface area contributed by atoms with Gasteiger partial charge in [-0.15, -0.1) is 0 Å². The summed E-state index contributed by atoms with van der Waals surface area (Å²) >= 11 is 0. The smallest absolute Gasteiger partial charge is 0.187 e. The van der Waals surface area contributed by atoms with E-state index in [0.29, 0.717) is 0 Å². The molecule has 9 aliphatic rings. The number of ether oxygens (including phenoxy) is 17. The minimum atomic E-state index is -2.19. The molecule has 0 aliphatic carbocycles. The van der Waals surface area contributed by atoms with Gasteiger partial charge in [0.05, 0.1) is 58.0 Å². The van der Waals surface area contributed by atoms with Gasteiger partial charge in [-0.25, -0.2) is 0 Å². The molecule has 9 heterocycles. The quantitative estimate of drug-likeness (QED) is 0.0479. The molecule has 0 amide bonds. The summed E-state index contributed by atoms with van der Waals surface area (Å²) in [6, 6.07) is 0. The highest BCUT2D eigenvalue weighted by molar-refractivity contribution is 5.01. The monoisotopic (exact) mass is 1430 g/mol. The van der Waals surface area contributed by atoms with Gasteiger partial charge in [0.2, 0.25) is 0 Å². The van der Waals surface area contributed by atoms with E-state index in [4.69, 9.17) is 80.5 Å². The first-order valence-electron chi connectivity index (χ1n) is 31.2. The molecule has 0 bridgehead atoms. The molecule has 566 valence electrons. The fraction of sp³-hybridized carbons (Fsp3) is 1.00. The second-order valence-corrected chi connectivity index (χ2v) is 25.2. The molecule has 9 aliphatic heterocycles. The lowest BCUT2D eigenvalue weighted by Gasteiger charge is -2.48. The molecule has 9 rings (SSSR count). The lowest BCUT2D eigenvalue weighted by molar-refractivity contribution is -0.386. The van der Waals surface area contributed by atoms with Gasteiger partial charge in [-0.3, -0.25) is 0 Å². The highest BCUT2D eigenvalue weighted by Crippen LogP contribution is 2.38. The van der Waals surface area contributed by atoms with Crippen LogP contribution in [0.3, 0.4) is 0 Å². The Morgan fingerprint density at radius 1 is 0.206 bits per heavy atom. The molecule has 0 spiro atoms. The van der Waals surface area contributed by atoms with Crippen LogP contribution in [0.2, 0.25) is 0 Å². The second-order valence-electron chi connectivity index (χ2n) is 25.2. The van der Waals surface area contributed by atoms with E-state index in [1.54, 1.807) is 0 Å². The minimum Gasteiger partial charge on any atom is -0.394 e. The third kappa shape index (κ3) is 16.5. The Morgan fingerprint density at radius 3 is 0.742 bits per heavy atom. The Balaban J connectivity index is 0.777. The van der Waals surface area contributed by atoms with Crippen LogP contribution in [0.4, 0.5) is 0 Å². The van der Waals surface area contributed by atoms with E-state index in [1.807, 2.05) is 0 Å². The molecule has 0 aromatic rings. The van der Waals surface area contributed by atoms with Crippen LogP contribution in [0.25, 0.3) is 0 Å². The van der Waals surface area contributed by atoms with Gasteiger partial charge in [0.25, 0.3) is 0 Å². The summed E-state index contributed by atoms with van der Waals surface area (Å²) < 4.78 is 95.6. The van der Waals surface area contributed by atoms with Crippen molar-refractivity contribution >= 4 is 0 Å². The minimum absolute atomic E-state index is 0.812. The molecule has 0 radical (unpaired) electrons. The molecule has 9 fully saturated rings.